The van der Waals surface area contributed by atoms with Crippen LogP contribution in [0.4, 0.5) is 10.1 Å². The van der Waals surface area contributed by atoms with Gasteiger partial charge >= 0.3 is 10.2 Å². The maximum atomic E-state index is 15.0. The molecule has 11 heteroatoms. The number of benzene rings is 3. The summed E-state index contributed by atoms with van der Waals surface area (Å²) in [4.78, 5) is 29.7. The summed E-state index contributed by atoms with van der Waals surface area (Å²) in [5.74, 6) is -1.71. The van der Waals surface area contributed by atoms with Gasteiger partial charge in [0.2, 0.25) is 11.8 Å². The van der Waals surface area contributed by atoms with Gasteiger partial charge in [0, 0.05) is 37.6 Å². The zero-order valence-corrected chi connectivity index (χ0v) is 26.9. The van der Waals surface area contributed by atoms with Crippen LogP contribution in [-0.2, 0) is 32.8 Å². The highest BCUT2D eigenvalue weighted by molar-refractivity contribution is 9.10. The molecule has 0 bridgehead atoms. The maximum absolute atomic E-state index is 15.0. The molecule has 0 aromatic heterocycles. The van der Waals surface area contributed by atoms with E-state index in [9.17, 15) is 22.4 Å². The van der Waals surface area contributed by atoms with E-state index in [1.54, 1.807) is 0 Å². The zero-order valence-electron chi connectivity index (χ0n) is 24.5. The van der Waals surface area contributed by atoms with E-state index in [0.717, 1.165) is 62.4 Å². The van der Waals surface area contributed by atoms with Crippen LogP contribution in [0, 0.1) is 5.82 Å². The minimum absolute atomic E-state index is 0.00758. The first-order chi connectivity index (χ1) is 20.6. The highest BCUT2D eigenvalue weighted by atomic mass is 79.9. The van der Waals surface area contributed by atoms with Crippen molar-refractivity contribution in [2.24, 2.45) is 0 Å². The van der Waals surface area contributed by atoms with Crippen LogP contribution in [0.2, 0.25) is 0 Å². The molecular weight excluding hydrogens is 635 g/mol. The van der Waals surface area contributed by atoms with E-state index in [-0.39, 0.29) is 30.6 Å². The number of carbonyl (C=O) groups is 2. The molecule has 0 radical (unpaired) electrons. The van der Waals surface area contributed by atoms with Crippen LogP contribution in [0.5, 0.6) is 0 Å². The Balaban J connectivity index is 1.75. The molecular formula is C32H38BrFN4O4S. The number of halogens is 2. The molecule has 0 aliphatic heterocycles. The predicted octanol–water partition coefficient (Wildman–Crippen LogP) is 5.29. The van der Waals surface area contributed by atoms with E-state index in [0.29, 0.717) is 0 Å². The van der Waals surface area contributed by atoms with E-state index in [1.165, 1.54) is 37.2 Å². The van der Waals surface area contributed by atoms with Crippen molar-refractivity contribution in [1.29, 1.82) is 0 Å². The third kappa shape index (κ3) is 8.64. The summed E-state index contributed by atoms with van der Waals surface area (Å²) in [7, 11) is -1.63. The maximum Gasteiger partial charge on any atom is 0.304 e. The molecule has 3 aromatic carbocycles. The number of hydrogen-bond acceptors (Lipinski definition) is 4. The highest BCUT2D eigenvalue weighted by Crippen LogP contribution is 2.25. The minimum atomic E-state index is -4.28. The number of amides is 2. The quantitative estimate of drug-likeness (QED) is 0.283. The van der Waals surface area contributed by atoms with Crippen molar-refractivity contribution in [1.82, 2.24) is 14.5 Å². The summed E-state index contributed by atoms with van der Waals surface area (Å²) in [6.45, 7) is -0.644. The van der Waals surface area contributed by atoms with E-state index in [2.05, 4.69) is 21.2 Å². The van der Waals surface area contributed by atoms with Crippen LogP contribution in [0.15, 0.2) is 83.3 Å². The molecule has 2 amide bonds. The van der Waals surface area contributed by atoms with Crippen molar-refractivity contribution < 1.29 is 22.4 Å². The van der Waals surface area contributed by atoms with Crippen LogP contribution in [0.1, 0.15) is 43.2 Å². The van der Waals surface area contributed by atoms with Crippen molar-refractivity contribution in [2.75, 3.05) is 24.9 Å². The summed E-state index contributed by atoms with van der Waals surface area (Å²) in [6, 6.07) is 21.3. The summed E-state index contributed by atoms with van der Waals surface area (Å²) in [6.07, 6.45) is 5.13. The Morgan fingerprint density at radius 3 is 2.16 bits per heavy atom. The van der Waals surface area contributed by atoms with Gasteiger partial charge in [-0.3, -0.25) is 9.59 Å². The number of nitrogens with zero attached hydrogens (tertiary/aromatic N) is 3. The third-order valence-corrected chi connectivity index (χ3v) is 9.96. The fourth-order valence-corrected chi connectivity index (χ4v) is 6.57. The predicted molar refractivity (Wildman–Crippen MR) is 170 cm³/mol. The van der Waals surface area contributed by atoms with Crippen molar-refractivity contribution in [3.63, 3.8) is 0 Å². The minimum Gasteiger partial charge on any atom is -0.352 e. The van der Waals surface area contributed by atoms with Crippen molar-refractivity contribution >= 4 is 43.6 Å². The summed E-state index contributed by atoms with van der Waals surface area (Å²) >= 11 is 3.43. The monoisotopic (exact) mass is 672 g/mol. The molecule has 1 fully saturated rings. The molecule has 0 saturated heterocycles. The number of nitrogens with one attached hydrogen (secondary N) is 1. The SMILES string of the molecule is CN(C)S(=O)(=O)N(CC(=O)N(Cc1ccc(Br)cc1)[C@@H](Cc1ccccc1)C(=O)NC1CCCCC1)c1ccccc1F. The molecule has 1 atom stereocenters. The Bertz CT molecular complexity index is 1480. The molecule has 4 rings (SSSR count). The van der Waals surface area contributed by atoms with Crippen LogP contribution in [-0.4, -0.2) is 62.2 Å². The number of para-hydroxylation sites is 1. The molecule has 1 N–H and O–H groups in total. The largest absolute Gasteiger partial charge is 0.352 e. The molecule has 0 heterocycles. The lowest BCUT2D eigenvalue weighted by Gasteiger charge is -2.35. The van der Waals surface area contributed by atoms with Gasteiger partial charge in [-0.15, -0.1) is 0 Å². The van der Waals surface area contributed by atoms with E-state index < -0.39 is 34.5 Å². The van der Waals surface area contributed by atoms with Gasteiger partial charge in [0.25, 0.3) is 0 Å². The van der Waals surface area contributed by atoms with Gasteiger partial charge in [-0.25, -0.2) is 8.70 Å². The van der Waals surface area contributed by atoms with Crippen molar-refractivity contribution in [3.8, 4) is 0 Å². The van der Waals surface area contributed by atoms with Crippen LogP contribution in [0.25, 0.3) is 0 Å². The molecule has 3 aromatic rings. The smallest absolute Gasteiger partial charge is 0.304 e. The molecule has 1 aliphatic rings. The fraction of sp³-hybridized carbons (Fsp3) is 0.375. The fourth-order valence-electron chi connectivity index (χ4n) is 5.24. The van der Waals surface area contributed by atoms with Gasteiger partial charge < -0.3 is 10.2 Å². The molecule has 0 spiro atoms. The summed E-state index contributed by atoms with van der Waals surface area (Å²) < 4.78 is 44.4. The Kier molecular flexibility index (Phi) is 11.3. The number of hydrogen-bond donors (Lipinski definition) is 1. The number of rotatable bonds is 12. The zero-order chi connectivity index (χ0) is 31.0. The molecule has 1 aliphatic carbocycles. The van der Waals surface area contributed by atoms with Crippen molar-refractivity contribution in [2.45, 2.75) is 57.2 Å². The number of carbonyl (C=O) groups excluding carboxylic acids is 2. The average Bonchev–Trinajstić information content (AvgIpc) is 3.00. The first-order valence-electron chi connectivity index (χ1n) is 14.4. The van der Waals surface area contributed by atoms with Crippen LogP contribution in [0.3, 0.4) is 0 Å². The van der Waals surface area contributed by atoms with Gasteiger partial charge in [-0.2, -0.15) is 12.7 Å². The Hall–Kier alpha value is -3.28. The molecule has 0 unspecified atom stereocenters. The Morgan fingerprint density at radius 2 is 1.53 bits per heavy atom. The Labute approximate surface area is 262 Å². The van der Waals surface area contributed by atoms with Gasteiger partial charge in [0.05, 0.1) is 5.69 Å². The molecule has 8 nitrogen and oxygen atoms in total. The van der Waals surface area contributed by atoms with Gasteiger partial charge in [-0.1, -0.05) is 89.8 Å². The Morgan fingerprint density at radius 1 is 0.907 bits per heavy atom. The standard InChI is InChI=1S/C32H38BrFN4O4S/c1-36(2)43(41,42)38(29-16-10-9-15-28(29)34)23-31(39)37(22-25-17-19-26(33)20-18-25)30(21-24-11-5-3-6-12-24)32(40)35-27-13-7-4-8-14-27/h3,5-6,9-12,15-20,27,30H,4,7-8,13-14,21-23H2,1-2H3,(H,35,40)/t30-/m0/s1. The van der Waals surface area contributed by atoms with Crippen LogP contribution >= 0.6 is 15.9 Å². The van der Waals surface area contributed by atoms with Gasteiger partial charge in [-0.05, 0) is 48.2 Å². The second-order valence-electron chi connectivity index (χ2n) is 10.9. The first kappa shape index (κ1) is 32.6. The highest BCUT2D eigenvalue weighted by Gasteiger charge is 2.36. The second kappa shape index (κ2) is 14.9. The van der Waals surface area contributed by atoms with Gasteiger partial charge in [0.15, 0.2) is 0 Å². The lowest BCUT2D eigenvalue weighted by atomic mass is 9.94. The van der Waals surface area contributed by atoms with E-state index in [1.807, 2.05) is 54.6 Å². The van der Waals surface area contributed by atoms with Crippen molar-refractivity contribution in [3.05, 3.63) is 100 Å². The lowest BCUT2D eigenvalue weighted by molar-refractivity contribution is -0.140. The normalized spacial score (nSPS) is 14.7. The molecule has 43 heavy (non-hydrogen) atoms. The van der Waals surface area contributed by atoms with E-state index in [4.69, 9.17) is 0 Å². The van der Waals surface area contributed by atoms with E-state index >= 15 is 0 Å². The lowest BCUT2D eigenvalue weighted by Crippen LogP contribution is -2.55. The molecule has 1 saturated carbocycles. The molecule has 230 valence electrons. The number of anilines is 1. The average molecular weight is 674 g/mol. The van der Waals surface area contributed by atoms with Crippen LogP contribution < -0.4 is 9.62 Å². The summed E-state index contributed by atoms with van der Waals surface area (Å²) in [5, 5.41) is 3.17. The third-order valence-electron chi connectivity index (χ3n) is 7.63. The second-order valence-corrected chi connectivity index (χ2v) is 13.9. The first-order valence-corrected chi connectivity index (χ1v) is 16.6. The summed E-state index contributed by atoms with van der Waals surface area (Å²) in [5.41, 5.74) is 1.36. The topological polar surface area (TPSA) is 90.0 Å². The van der Waals surface area contributed by atoms with Gasteiger partial charge in [0.1, 0.15) is 18.4 Å².